The number of aromatic nitrogens is 3. The van der Waals surface area contributed by atoms with Gasteiger partial charge in [0.15, 0.2) is 0 Å². The Morgan fingerprint density at radius 3 is 3.06 bits per heavy atom. The van der Waals surface area contributed by atoms with Crippen molar-refractivity contribution in [2.75, 3.05) is 0 Å². The Kier molecular flexibility index (Phi) is 2.37. The molecule has 2 aromatic heterocycles. The van der Waals surface area contributed by atoms with Gasteiger partial charge in [0.2, 0.25) is 0 Å². The quantitative estimate of drug-likeness (QED) is 0.869. The lowest BCUT2D eigenvalue weighted by molar-refractivity contribution is 0.784. The third kappa shape index (κ3) is 2.18. The first kappa shape index (κ1) is 10.0. The fourth-order valence-electron chi connectivity index (χ4n) is 1.84. The maximum atomic E-state index is 8.84. The number of hydrogen-bond acceptors (Lipinski definition) is 3. The minimum absolute atomic E-state index is 0.619. The van der Waals surface area contributed by atoms with Crippen LogP contribution in [0.15, 0.2) is 24.5 Å². The predicted molar refractivity (Wildman–Crippen MR) is 63.0 cm³/mol. The molecule has 0 bridgehead atoms. The highest BCUT2D eigenvalue weighted by Gasteiger charge is 2.22. The number of rotatable bonds is 3. The second kappa shape index (κ2) is 4.02. The highest BCUT2D eigenvalue weighted by atomic mass is 14.9. The molecule has 17 heavy (non-hydrogen) atoms. The second-order valence-corrected chi connectivity index (χ2v) is 4.43. The van der Waals surface area contributed by atoms with Gasteiger partial charge in [0.1, 0.15) is 5.82 Å². The van der Waals surface area contributed by atoms with Gasteiger partial charge >= 0.3 is 0 Å². The van der Waals surface area contributed by atoms with Crippen LogP contribution in [-0.2, 0) is 6.42 Å². The molecule has 2 aromatic rings. The number of nitriles is 1. The van der Waals surface area contributed by atoms with Gasteiger partial charge in [0.25, 0.3) is 0 Å². The molecule has 0 saturated heterocycles. The summed E-state index contributed by atoms with van der Waals surface area (Å²) in [7, 11) is 0. The first-order chi connectivity index (χ1) is 8.35. The van der Waals surface area contributed by atoms with E-state index in [0.29, 0.717) is 5.56 Å². The fourth-order valence-corrected chi connectivity index (χ4v) is 1.84. The minimum Gasteiger partial charge on any atom is -0.341 e. The molecule has 0 aromatic carbocycles. The Morgan fingerprint density at radius 1 is 1.41 bits per heavy atom. The average Bonchev–Trinajstić information content (AvgIpc) is 3.05. The van der Waals surface area contributed by atoms with Crippen molar-refractivity contribution in [2.24, 2.45) is 5.92 Å². The third-order valence-electron chi connectivity index (χ3n) is 2.97. The topological polar surface area (TPSA) is 65.4 Å². The lowest BCUT2D eigenvalue weighted by Gasteiger charge is -1.96. The van der Waals surface area contributed by atoms with Crippen LogP contribution >= 0.6 is 0 Å². The summed E-state index contributed by atoms with van der Waals surface area (Å²) in [5.41, 5.74) is 2.28. The van der Waals surface area contributed by atoms with E-state index in [-0.39, 0.29) is 0 Å². The van der Waals surface area contributed by atoms with E-state index in [2.05, 4.69) is 21.0 Å². The number of aromatic amines is 1. The van der Waals surface area contributed by atoms with E-state index in [1.807, 2.05) is 0 Å². The van der Waals surface area contributed by atoms with Gasteiger partial charge in [-0.15, -0.1) is 0 Å². The molecular weight excluding hydrogens is 212 g/mol. The number of H-pyrrole nitrogens is 1. The summed E-state index contributed by atoms with van der Waals surface area (Å²) >= 11 is 0. The van der Waals surface area contributed by atoms with Gasteiger partial charge in [-0.25, -0.2) is 4.98 Å². The van der Waals surface area contributed by atoms with Crippen LogP contribution < -0.4 is 0 Å². The van der Waals surface area contributed by atoms with Crippen LogP contribution in [0.4, 0.5) is 0 Å². The maximum Gasteiger partial charge on any atom is 0.106 e. The van der Waals surface area contributed by atoms with Crippen molar-refractivity contribution in [3.05, 3.63) is 35.9 Å². The number of hydrogen-bond donors (Lipinski definition) is 1. The lowest BCUT2D eigenvalue weighted by Crippen LogP contribution is -1.90. The van der Waals surface area contributed by atoms with Crippen LogP contribution in [-0.4, -0.2) is 15.0 Å². The Bertz CT molecular complexity index is 575. The van der Waals surface area contributed by atoms with E-state index < -0.39 is 0 Å². The molecule has 84 valence electrons. The van der Waals surface area contributed by atoms with E-state index >= 15 is 0 Å². The molecule has 3 rings (SSSR count). The molecule has 1 fully saturated rings. The van der Waals surface area contributed by atoms with Gasteiger partial charge in [0.05, 0.1) is 29.2 Å². The zero-order chi connectivity index (χ0) is 11.7. The summed E-state index contributed by atoms with van der Waals surface area (Å²) in [5, 5.41) is 8.84. The summed E-state index contributed by atoms with van der Waals surface area (Å²) in [6.07, 6.45) is 7.10. The van der Waals surface area contributed by atoms with E-state index in [0.717, 1.165) is 29.6 Å². The van der Waals surface area contributed by atoms with Crippen LogP contribution in [0.2, 0.25) is 0 Å². The van der Waals surface area contributed by atoms with Crippen molar-refractivity contribution in [2.45, 2.75) is 19.3 Å². The van der Waals surface area contributed by atoms with Crippen LogP contribution in [0.1, 0.15) is 24.2 Å². The van der Waals surface area contributed by atoms with Gasteiger partial charge in [0, 0.05) is 12.6 Å². The van der Waals surface area contributed by atoms with E-state index in [9.17, 15) is 0 Å². The van der Waals surface area contributed by atoms with Crippen molar-refractivity contribution in [1.29, 1.82) is 5.26 Å². The molecule has 4 nitrogen and oxygen atoms in total. The van der Waals surface area contributed by atoms with Crippen molar-refractivity contribution in [3.63, 3.8) is 0 Å². The molecule has 0 amide bonds. The molecular formula is C13H12N4. The Balaban J connectivity index is 1.86. The fraction of sp³-hybridized carbons (Fsp3) is 0.308. The molecule has 0 atom stereocenters. The molecule has 0 aliphatic heterocycles. The second-order valence-electron chi connectivity index (χ2n) is 4.43. The summed E-state index contributed by atoms with van der Waals surface area (Å²) < 4.78 is 0. The zero-order valence-corrected chi connectivity index (χ0v) is 9.35. The van der Waals surface area contributed by atoms with Crippen molar-refractivity contribution < 1.29 is 0 Å². The Morgan fingerprint density at radius 2 is 2.29 bits per heavy atom. The highest BCUT2D eigenvalue weighted by molar-refractivity contribution is 5.55. The van der Waals surface area contributed by atoms with Gasteiger partial charge in [-0.1, -0.05) is 0 Å². The normalized spacial score (nSPS) is 14.5. The van der Waals surface area contributed by atoms with Crippen LogP contribution in [0, 0.1) is 17.2 Å². The van der Waals surface area contributed by atoms with Gasteiger partial charge in [-0.05, 0) is 30.9 Å². The summed E-state index contributed by atoms with van der Waals surface area (Å²) in [5.74, 6) is 1.83. The van der Waals surface area contributed by atoms with E-state index in [4.69, 9.17) is 5.26 Å². The largest absolute Gasteiger partial charge is 0.341 e. The molecule has 1 aliphatic rings. The van der Waals surface area contributed by atoms with Gasteiger partial charge in [-0.3, -0.25) is 4.98 Å². The SMILES string of the molecule is N#Cc1ccnc(-c2cnc(CC3CC3)[nH]2)c1. The van der Waals surface area contributed by atoms with E-state index in [1.54, 1.807) is 24.5 Å². The minimum atomic E-state index is 0.619. The summed E-state index contributed by atoms with van der Waals surface area (Å²) in [6, 6.07) is 5.58. The Labute approximate surface area is 99.3 Å². The highest BCUT2D eigenvalue weighted by Crippen LogP contribution is 2.32. The van der Waals surface area contributed by atoms with Crippen LogP contribution in [0.3, 0.4) is 0 Å². The molecule has 1 saturated carbocycles. The van der Waals surface area contributed by atoms with E-state index in [1.165, 1.54) is 12.8 Å². The number of imidazole rings is 1. The Hall–Kier alpha value is -2.15. The smallest absolute Gasteiger partial charge is 0.106 e. The zero-order valence-electron chi connectivity index (χ0n) is 9.35. The lowest BCUT2D eigenvalue weighted by atomic mass is 10.2. The predicted octanol–water partition coefficient (Wildman–Crippen LogP) is 2.30. The molecule has 0 spiro atoms. The van der Waals surface area contributed by atoms with Crippen molar-refractivity contribution in [1.82, 2.24) is 15.0 Å². The first-order valence-electron chi connectivity index (χ1n) is 5.75. The number of nitrogens with one attached hydrogen (secondary N) is 1. The first-order valence-corrected chi connectivity index (χ1v) is 5.75. The van der Waals surface area contributed by atoms with Crippen molar-refractivity contribution >= 4 is 0 Å². The number of pyridine rings is 1. The maximum absolute atomic E-state index is 8.84. The standard InChI is InChI=1S/C13H12N4/c14-7-10-3-4-15-11(5-10)12-8-16-13(17-12)6-9-1-2-9/h3-5,8-9H,1-2,6H2,(H,16,17). The average molecular weight is 224 g/mol. The molecule has 1 N–H and O–H groups in total. The summed E-state index contributed by atoms with van der Waals surface area (Å²) in [4.78, 5) is 11.9. The molecule has 0 radical (unpaired) electrons. The van der Waals surface area contributed by atoms with Crippen LogP contribution in [0.5, 0.6) is 0 Å². The monoisotopic (exact) mass is 224 g/mol. The van der Waals surface area contributed by atoms with Crippen LogP contribution in [0.25, 0.3) is 11.4 Å². The summed E-state index contributed by atoms with van der Waals surface area (Å²) in [6.45, 7) is 0. The van der Waals surface area contributed by atoms with Gasteiger partial charge in [-0.2, -0.15) is 5.26 Å². The molecule has 0 unspecified atom stereocenters. The van der Waals surface area contributed by atoms with Crippen molar-refractivity contribution in [3.8, 4) is 17.5 Å². The molecule has 4 heteroatoms. The number of nitrogens with zero attached hydrogens (tertiary/aromatic N) is 3. The third-order valence-corrected chi connectivity index (χ3v) is 2.97. The molecule has 2 heterocycles. The van der Waals surface area contributed by atoms with Gasteiger partial charge < -0.3 is 4.98 Å². The molecule has 1 aliphatic carbocycles.